The minimum atomic E-state index is 0.310. The van der Waals surface area contributed by atoms with E-state index in [9.17, 15) is 4.79 Å². The van der Waals surface area contributed by atoms with Gasteiger partial charge in [0.05, 0.1) is 0 Å². The molecule has 0 aromatic heterocycles. The maximum absolute atomic E-state index is 12.2. The molecular weight excluding hydrogens is 224 g/mol. The molecular formula is C15H30N2O. The molecule has 2 N–H and O–H groups in total. The van der Waals surface area contributed by atoms with E-state index in [1.165, 1.54) is 0 Å². The van der Waals surface area contributed by atoms with E-state index >= 15 is 0 Å². The summed E-state index contributed by atoms with van der Waals surface area (Å²) in [6.45, 7) is 11.5. The lowest BCUT2D eigenvalue weighted by atomic mass is 9.88. The van der Waals surface area contributed by atoms with Gasteiger partial charge in [-0.05, 0) is 43.1 Å². The maximum Gasteiger partial charge on any atom is 0.222 e. The summed E-state index contributed by atoms with van der Waals surface area (Å²) in [5.74, 6) is 1.55. The van der Waals surface area contributed by atoms with E-state index in [1.54, 1.807) is 0 Å². The van der Waals surface area contributed by atoms with Gasteiger partial charge in [-0.2, -0.15) is 0 Å². The van der Waals surface area contributed by atoms with Gasteiger partial charge in [0, 0.05) is 19.5 Å². The second-order valence-electron chi connectivity index (χ2n) is 6.85. The van der Waals surface area contributed by atoms with Crippen molar-refractivity contribution in [1.29, 1.82) is 0 Å². The van der Waals surface area contributed by atoms with E-state index in [1.807, 2.05) is 4.90 Å². The van der Waals surface area contributed by atoms with Crippen molar-refractivity contribution in [3.8, 4) is 0 Å². The Hall–Kier alpha value is -0.570. The molecule has 1 amide bonds. The summed E-state index contributed by atoms with van der Waals surface area (Å²) in [7, 11) is 0. The summed E-state index contributed by atoms with van der Waals surface area (Å²) < 4.78 is 0. The summed E-state index contributed by atoms with van der Waals surface area (Å²) >= 11 is 0. The van der Waals surface area contributed by atoms with Crippen molar-refractivity contribution in [2.45, 2.75) is 53.4 Å². The molecule has 1 rings (SSSR count). The van der Waals surface area contributed by atoms with Crippen molar-refractivity contribution in [2.75, 3.05) is 19.6 Å². The minimum Gasteiger partial charge on any atom is -0.342 e. The summed E-state index contributed by atoms with van der Waals surface area (Å²) in [5, 5.41) is 0. The number of carbonyl (C=O) groups excluding carboxylic acids is 1. The van der Waals surface area contributed by atoms with Crippen LogP contribution in [0, 0.1) is 17.3 Å². The fourth-order valence-electron chi connectivity index (χ4n) is 2.82. The van der Waals surface area contributed by atoms with E-state index in [0.717, 1.165) is 38.9 Å². The third-order valence-corrected chi connectivity index (χ3v) is 4.24. The van der Waals surface area contributed by atoms with Gasteiger partial charge in [-0.1, -0.05) is 27.7 Å². The van der Waals surface area contributed by atoms with E-state index < -0.39 is 0 Å². The first-order valence-corrected chi connectivity index (χ1v) is 7.33. The molecule has 0 aliphatic carbocycles. The normalized spacial score (nSPS) is 20.4. The van der Waals surface area contributed by atoms with Crippen molar-refractivity contribution >= 4 is 5.91 Å². The molecule has 0 saturated carbocycles. The van der Waals surface area contributed by atoms with Crippen LogP contribution in [-0.2, 0) is 4.79 Å². The molecule has 3 nitrogen and oxygen atoms in total. The average Bonchev–Trinajstić information content (AvgIpc) is 2.64. The zero-order valence-electron chi connectivity index (χ0n) is 12.5. The summed E-state index contributed by atoms with van der Waals surface area (Å²) in [6, 6.07) is 0. The summed E-state index contributed by atoms with van der Waals surface area (Å²) in [5.41, 5.74) is 5.95. The Balaban J connectivity index is 2.36. The largest absolute Gasteiger partial charge is 0.342 e. The minimum absolute atomic E-state index is 0.310. The highest BCUT2D eigenvalue weighted by Gasteiger charge is 2.31. The Labute approximate surface area is 112 Å². The molecule has 1 heterocycles. The van der Waals surface area contributed by atoms with E-state index in [4.69, 9.17) is 5.73 Å². The first kappa shape index (κ1) is 15.5. The van der Waals surface area contributed by atoms with Crippen LogP contribution in [0.4, 0.5) is 0 Å². The van der Waals surface area contributed by atoms with E-state index in [2.05, 4.69) is 27.7 Å². The highest BCUT2D eigenvalue weighted by molar-refractivity contribution is 5.76. The first-order chi connectivity index (χ1) is 8.35. The molecule has 0 bridgehead atoms. The molecule has 18 heavy (non-hydrogen) atoms. The average molecular weight is 254 g/mol. The standard InChI is InChI=1S/C15H30N2O/c1-12(2)13(7-9-16)5-6-14(18)17-10-8-15(3,4)11-17/h12-13H,5-11,16H2,1-4H3. The lowest BCUT2D eigenvalue weighted by Crippen LogP contribution is -2.30. The topological polar surface area (TPSA) is 46.3 Å². The SMILES string of the molecule is CC(C)C(CCN)CCC(=O)N1CCC(C)(C)C1. The predicted octanol–water partition coefficient (Wildman–Crippen LogP) is 2.65. The molecule has 1 unspecified atom stereocenters. The van der Waals surface area contributed by atoms with Crippen molar-refractivity contribution in [1.82, 2.24) is 4.90 Å². The van der Waals surface area contributed by atoms with Crippen LogP contribution in [0.1, 0.15) is 53.4 Å². The number of nitrogens with zero attached hydrogens (tertiary/aromatic N) is 1. The van der Waals surface area contributed by atoms with Crippen LogP contribution in [0.3, 0.4) is 0 Å². The molecule has 1 fully saturated rings. The van der Waals surface area contributed by atoms with Crippen LogP contribution < -0.4 is 5.73 Å². The first-order valence-electron chi connectivity index (χ1n) is 7.33. The Kier molecular flexibility index (Phi) is 5.64. The number of likely N-dealkylation sites (tertiary alicyclic amines) is 1. The fourth-order valence-corrected chi connectivity index (χ4v) is 2.82. The van der Waals surface area contributed by atoms with Gasteiger partial charge in [0.15, 0.2) is 0 Å². The van der Waals surface area contributed by atoms with Gasteiger partial charge >= 0.3 is 0 Å². The highest BCUT2D eigenvalue weighted by atomic mass is 16.2. The number of rotatable bonds is 6. The third kappa shape index (κ3) is 4.60. The molecule has 3 heteroatoms. The molecule has 0 radical (unpaired) electrons. The highest BCUT2D eigenvalue weighted by Crippen LogP contribution is 2.30. The second kappa shape index (κ2) is 6.55. The predicted molar refractivity (Wildman–Crippen MR) is 76.2 cm³/mol. The van der Waals surface area contributed by atoms with Crippen LogP contribution in [0.2, 0.25) is 0 Å². The van der Waals surface area contributed by atoms with Gasteiger partial charge in [-0.25, -0.2) is 0 Å². The van der Waals surface area contributed by atoms with Crippen LogP contribution in [0.15, 0.2) is 0 Å². The molecule has 0 aromatic rings. The fraction of sp³-hybridized carbons (Fsp3) is 0.933. The molecule has 1 aliphatic rings. The molecule has 0 spiro atoms. The summed E-state index contributed by atoms with van der Waals surface area (Å²) in [4.78, 5) is 14.2. The van der Waals surface area contributed by atoms with Crippen molar-refractivity contribution in [2.24, 2.45) is 23.0 Å². The van der Waals surface area contributed by atoms with Crippen LogP contribution in [0.5, 0.6) is 0 Å². The van der Waals surface area contributed by atoms with Crippen LogP contribution in [-0.4, -0.2) is 30.4 Å². The van der Waals surface area contributed by atoms with Gasteiger partial charge in [0.2, 0.25) is 5.91 Å². The van der Waals surface area contributed by atoms with Crippen molar-refractivity contribution in [3.05, 3.63) is 0 Å². The zero-order valence-corrected chi connectivity index (χ0v) is 12.5. The zero-order chi connectivity index (χ0) is 13.8. The lowest BCUT2D eigenvalue weighted by Gasteiger charge is -2.23. The van der Waals surface area contributed by atoms with Gasteiger partial charge in [-0.3, -0.25) is 4.79 Å². The number of carbonyl (C=O) groups is 1. The molecule has 0 aromatic carbocycles. The second-order valence-corrected chi connectivity index (χ2v) is 6.85. The number of hydrogen-bond donors (Lipinski definition) is 1. The molecule has 1 saturated heterocycles. The molecule has 1 atom stereocenters. The molecule has 1 aliphatic heterocycles. The molecule has 106 valence electrons. The smallest absolute Gasteiger partial charge is 0.222 e. The van der Waals surface area contributed by atoms with Crippen LogP contribution in [0.25, 0.3) is 0 Å². The monoisotopic (exact) mass is 254 g/mol. The van der Waals surface area contributed by atoms with E-state index in [-0.39, 0.29) is 0 Å². The Morgan fingerprint density at radius 2 is 2.00 bits per heavy atom. The summed E-state index contributed by atoms with van der Waals surface area (Å²) in [6.07, 6.45) is 3.86. The van der Waals surface area contributed by atoms with Crippen LogP contribution >= 0.6 is 0 Å². The number of nitrogens with two attached hydrogens (primary N) is 1. The Morgan fingerprint density at radius 3 is 2.44 bits per heavy atom. The lowest BCUT2D eigenvalue weighted by molar-refractivity contribution is -0.130. The van der Waals surface area contributed by atoms with Gasteiger partial charge in [0.25, 0.3) is 0 Å². The quantitative estimate of drug-likeness (QED) is 0.792. The maximum atomic E-state index is 12.2. The number of hydrogen-bond acceptors (Lipinski definition) is 2. The van der Waals surface area contributed by atoms with Gasteiger partial charge < -0.3 is 10.6 Å². The van der Waals surface area contributed by atoms with E-state index in [0.29, 0.717) is 29.6 Å². The number of amides is 1. The van der Waals surface area contributed by atoms with Gasteiger partial charge in [0.1, 0.15) is 0 Å². The Bertz CT molecular complexity index is 274. The van der Waals surface area contributed by atoms with Gasteiger partial charge in [-0.15, -0.1) is 0 Å². The van der Waals surface area contributed by atoms with Crippen molar-refractivity contribution < 1.29 is 4.79 Å². The van der Waals surface area contributed by atoms with Crippen molar-refractivity contribution in [3.63, 3.8) is 0 Å². The third-order valence-electron chi connectivity index (χ3n) is 4.24. The Morgan fingerprint density at radius 1 is 1.33 bits per heavy atom.